The van der Waals surface area contributed by atoms with Gasteiger partial charge >= 0.3 is 5.63 Å². The molecule has 0 unspecified atom stereocenters. The molecule has 0 spiro atoms. The number of aromatic hydroxyl groups is 1. The fourth-order valence-corrected chi connectivity index (χ4v) is 2.85. The molecule has 162 valence electrons. The molecule has 1 N–H and O–H groups in total. The zero-order chi connectivity index (χ0) is 21.9. The van der Waals surface area contributed by atoms with Crippen molar-refractivity contribution in [3.05, 3.63) is 64.1 Å². The molecule has 1 aromatic heterocycles. The van der Waals surface area contributed by atoms with E-state index in [0.29, 0.717) is 30.8 Å². The highest BCUT2D eigenvalue weighted by Gasteiger charge is 2.15. The van der Waals surface area contributed by atoms with Crippen molar-refractivity contribution in [3.63, 3.8) is 0 Å². The van der Waals surface area contributed by atoms with Crippen molar-refractivity contribution < 1.29 is 19.0 Å². The summed E-state index contributed by atoms with van der Waals surface area (Å²) in [5.41, 5.74) is 2.14. The van der Waals surface area contributed by atoms with Gasteiger partial charge in [0.05, 0.1) is 12.0 Å². The van der Waals surface area contributed by atoms with Crippen LogP contribution >= 0.6 is 0 Å². The van der Waals surface area contributed by atoms with E-state index in [1.807, 2.05) is 25.2 Å². The Morgan fingerprint density at radius 2 is 1.90 bits per heavy atom. The van der Waals surface area contributed by atoms with Gasteiger partial charge in [-0.3, -0.25) is 0 Å². The summed E-state index contributed by atoms with van der Waals surface area (Å²) in [6.45, 7) is 9.04. The first kappa shape index (κ1) is 23.3. The topological polar surface area (TPSA) is 68.9 Å². The Hall–Kier alpha value is -2.95. The zero-order valence-electron chi connectivity index (χ0n) is 18.4. The highest BCUT2D eigenvalue weighted by Crippen LogP contribution is 2.33. The normalized spacial score (nSPS) is 11.8. The number of fused-ring (bicyclic) bond motifs is 1. The van der Waals surface area contributed by atoms with E-state index in [4.69, 9.17) is 13.9 Å². The maximum atomic E-state index is 12.2. The lowest BCUT2D eigenvalue weighted by Gasteiger charge is -2.09. The summed E-state index contributed by atoms with van der Waals surface area (Å²) in [6.07, 6.45) is 11.9. The van der Waals surface area contributed by atoms with E-state index in [1.54, 1.807) is 18.2 Å². The van der Waals surface area contributed by atoms with Gasteiger partial charge in [0.1, 0.15) is 17.9 Å². The third-order valence-corrected chi connectivity index (χ3v) is 4.52. The van der Waals surface area contributed by atoms with Gasteiger partial charge in [-0.05, 0) is 64.7 Å². The number of hydrogen-bond donors (Lipinski definition) is 1. The molecule has 0 aliphatic carbocycles. The third kappa shape index (κ3) is 7.14. The van der Waals surface area contributed by atoms with Crippen LogP contribution < -0.4 is 15.1 Å². The van der Waals surface area contributed by atoms with E-state index in [0.717, 1.165) is 19.3 Å². The van der Waals surface area contributed by atoms with Crippen LogP contribution in [0.25, 0.3) is 11.0 Å². The standard InChI is InChI=1S/C25H32O5/c1-5-6-7-8-15-29-24-23(26)21-13-12-20(17-22(21)30-25(24)27)28-16-14-19(4)11-9-10-18(2)3/h6-7,10,12-14,17,26H,5,8-9,11,15-16H2,1-4H3. The van der Waals surface area contributed by atoms with Gasteiger partial charge < -0.3 is 19.0 Å². The number of hydrogen-bond acceptors (Lipinski definition) is 5. The Kier molecular flexibility index (Phi) is 9.26. The number of rotatable bonds is 11. The maximum absolute atomic E-state index is 12.2. The Morgan fingerprint density at radius 3 is 2.63 bits per heavy atom. The van der Waals surface area contributed by atoms with Crippen LogP contribution in [-0.2, 0) is 0 Å². The Bertz CT molecular complexity index is 975. The zero-order valence-corrected chi connectivity index (χ0v) is 18.4. The molecule has 0 radical (unpaired) electrons. The van der Waals surface area contributed by atoms with Crippen LogP contribution in [0.1, 0.15) is 53.4 Å². The van der Waals surface area contributed by atoms with Crippen LogP contribution in [0.5, 0.6) is 17.2 Å². The maximum Gasteiger partial charge on any atom is 0.383 e. The minimum Gasteiger partial charge on any atom is -0.504 e. The first-order valence-corrected chi connectivity index (χ1v) is 10.4. The summed E-state index contributed by atoms with van der Waals surface area (Å²) >= 11 is 0. The molecule has 0 saturated heterocycles. The fourth-order valence-electron chi connectivity index (χ4n) is 2.85. The summed E-state index contributed by atoms with van der Waals surface area (Å²) in [5, 5.41) is 10.8. The molecule has 0 amide bonds. The molecule has 2 rings (SSSR count). The molecule has 5 nitrogen and oxygen atoms in total. The highest BCUT2D eigenvalue weighted by molar-refractivity contribution is 5.86. The molecule has 0 fully saturated rings. The van der Waals surface area contributed by atoms with Crippen LogP contribution in [0, 0.1) is 0 Å². The predicted molar refractivity (Wildman–Crippen MR) is 122 cm³/mol. The Labute approximate surface area is 178 Å². The first-order chi connectivity index (χ1) is 14.4. The SMILES string of the molecule is CCC=CCCOc1c(O)c2ccc(OCC=C(C)CCC=C(C)C)cc2oc1=O. The molecule has 30 heavy (non-hydrogen) atoms. The lowest BCUT2D eigenvalue weighted by molar-refractivity contribution is 0.290. The number of allylic oxidation sites excluding steroid dienone is 4. The lowest BCUT2D eigenvalue weighted by Crippen LogP contribution is -2.08. The van der Waals surface area contributed by atoms with Crippen LogP contribution in [0.2, 0.25) is 0 Å². The Morgan fingerprint density at radius 1 is 1.10 bits per heavy atom. The van der Waals surface area contributed by atoms with Gasteiger partial charge in [-0.1, -0.05) is 36.3 Å². The number of ether oxygens (including phenoxy) is 2. The molecule has 0 atom stereocenters. The summed E-state index contributed by atoms with van der Waals surface area (Å²) in [4.78, 5) is 12.2. The van der Waals surface area contributed by atoms with Crippen LogP contribution in [0.4, 0.5) is 0 Å². The van der Waals surface area contributed by atoms with E-state index in [9.17, 15) is 9.90 Å². The predicted octanol–water partition coefficient (Wildman–Crippen LogP) is 6.31. The van der Waals surface area contributed by atoms with E-state index in [1.165, 1.54) is 11.1 Å². The molecule has 2 aromatic rings. The first-order valence-electron chi connectivity index (χ1n) is 10.4. The van der Waals surface area contributed by atoms with Crippen molar-refractivity contribution in [1.82, 2.24) is 0 Å². The average Bonchev–Trinajstić information content (AvgIpc) is 2.69. The Balaban J connectivity index is 2.04. The van der Waals surface area contributed by atoms with E-state index in [-0.39, 0.29) is 17.1 Å². The fraction of sp³-hybridized carbons (Fsp3) is 0.400. The second-order valence-corrected chi connectivity index (χ2v) is 7.42. The van der Waals surface area contributed by atoms with Gasteiger partial charge in [-0.25, -0.2) is 4.79 Å². The van der Waals surface area contributed by atoms with Crippen molar-refractivity contribution >= 4 is 11.0 Å². The quantitative estimate of drug-likeness (QED) is 0.266. The molecule has 1 aromatic carbocycles. The van der Waals surface area contributed by atoms with Gasteiger partial charge in [0.15, 0.2) is 5.75 Å². The molecule has 0 saturated carbocycles. The van der Waals surface area contributed by atoms with Crippen LogP contribution in [0.15, 0.2) is 62.9 Å². The minimum absolute atomic E-state index is 0.156. The summed E-state index contributed by atoms with van der Waals surface area (Å²) < 4.78 is 16.5. The van der Waals surface area contributed by atoms with E-state index < -0.39 is 5.63 Å². The van der Waals surface area contributed by atoms with Gasteiger partial charge in [-0.2, -0.15) is 0 Å². The van der Waals surface area contributed by atoms with Crippen molar-refractivity contribution in [2.45, 2.75) is 53.4 Å². The van der Waals surface area contributed by atoms with Crippen molar-refractivity contribution in [1.29, 1.82) is 0 Å². The third-order valence-electron chi connectivity index (χ3n) is 4.52. The van der Waals surface area contributed by atoms with Gasteiger partial charge in [0.2, 0.25) is 5.75 Å². The second kappa shape index (κ2) is 11.9. The lowest BCUT2D eigenvalue weighted by atomic mass is 10.1. The van der Waals surface area contributed by atoms with Gasteiger partial charge in [0.25, 0.3) is 0 Å². The average molecular weight is 413 g/mol. The van der Waals surface area contributed by atoms with Crippen molar-refractivity contribution in [2.75, 3.05) is 13.2 Å². The van der Waals surface area contributed by atoms with Crippen LogP contribution in [0.3, 0.4) is 0 Å². The molecule has 0 bridgehead atoms. The van der Waals surface area contributed by atoms with E-state index in [2.05, 4.69) is 26.8 Å². The van der Waals surface area contributed by atoms with Gasteiger partial charge in [-0.15, -0.1) is 0 Å². The molecular formula is C25H32O5. The summed E-state index contributed by atoms with van der Waals surface area (Å²) in [7, 11) is 0. The van der Waals surface area contributed by atoms with Crippen LogP contribution in [-0.4, -0.2) is 18.3 Å². The molecule has 1 heterocycles. The molecule has 0 aliphatic heterocycles. The molecular weight excluding hydrogens is 380 g/mol. The largest absolute Gasteiger partial charge is 0.504 e. The van der Waals surface area contributed by atoms with Crippen molar-refractivity contribution in [3.8, 4) is 17.2 Å². The minimum atomic E-state index is -0.702. The molecule has 0 aliphatic rings. The summed E-state index contributed by atoms with van der Waals surface area (Å²) in [5.74, 6) is 0.204. The number of benzene rings is 1. The smallest absolute Gasteiger partial charge is 0.383 e. The molecule has 5 heteroatoms. The monoisotopic (exact) mass is 412 g/mol. The van der Waals surface area contributed by atoms with Gasteiger partial charge in [0, 0.05) is 6.07 Å². The van der Waals surface area contributed by atoms with E-state index >= 15 is 0 Å². The summed E-state index contributed by atoms with van der Waals surface area (Å²) in [6, 6.07) is 5.01. The second-order valence-electron chi connectivity index (χ2n) is 7.42. The highest BCUT2D eigenvalue weighted by atomic mass is 16.5. The van der Waals surface area contributed by atoms with Crippen molar-refractivity contribution in [2.24, 2.45) is 0 Å².